The van der Waals surface area contributed by atoms with E-state index in [0.717, 1.165) is 18.2 Å². The van der Waals surface area contributed by atoms with E-state index in [4.69, 9.17) is 5.26 Å². The Morgan fingerprint density at radius 3 is 2.15 bits per heavy atom. The highest BCUT2D eigenvalue weighted by atomic mass is 19.1. The Kier molecular flexibility index (Phi) is 4.99. The van der Waals surface area contributed by atoms with Gasteiger partial charge in [0.15, 0.2) is 5.78 Å². The van der Waals surface area contributed by atoms with Gasteiger partial charge in [-0.05, 0) is 29.0 Å². The van der Waals surface area contributed by atoms with E-state index < -0.39 is 17.6 Å². The average Bonchev–Trinajstić information content (AvgIpc) is 2.26. The van der Waals surface area contributed by atoms with Gasteiger partial charge in [-0.3, -0.25) is 4.79 Å². The summed E-state index contributed by atoms with van der Waals surface area (Å²) in [6.45, 7) is 7.95. The van der Waals surface area contributed by atoms with Gasteiger partial charge in [0.05, 0.1) is 6.07 Å². The smallest absolute Gasteiger partial charge is 0.154 e. The predicted molar refractivity (Wildman–Crippen MR) is 73.0 cm³/mol. The number of carbonyl (C=O) groups is 1. The lowest BCUT2D eigenvalue weighted by molar-refractivity contribution is -0.120. The van der Waals surface area contributed by atoms with E-state index in [9.17, 15) is 13.6 Å². The molecule has 0 saturated carbocycles. The van der Waals surface area contributed by atoms with Crippen molar-refractivity contribution >= 4 is 5.78 Å². The van der Waals surface area contributed by atoms with Crippen LogP contribution in [0.1, 0.15) is 45.6 Å². The molecule has 0 aliphatic heterocycles. The quantitative estimate of drug-likeness (QED) is 0.828. The maximum absolute atomic E-state index is 13.2. The minimum atomic E-state index is -1.12. The minimum absolute atomic E-state index is 0.0666. The summed E-state index contributed by atoms with van der Waals surface area (Å²) >= 11 is 0. The van der Waals surface area contributed by atoms with Gasteiger partial charge in [0, 0.05) is 12.5 Å². The number of benzene rings is 1. The van der Waals surface area contributed by atoms with Crippen LogP contribution in [0.3, 0.4) is 0 Å². The second-order valence-electron chi connectivity index (χ2n) is 6.20. The number of halogens is 2. The van der Waals surface area contributed by atoms with Crippen LogP contribution < -0.4 is 0 Å². The van der Waals surface area contributed by atoms with Crippen molar-refractivity contribution in [2.45, 2.75) is 40.0 Å². The minimum Gasteiger partial charge on any atom is -0.298 e. The fraction of sp³-hybridized carbons (Fsp3) is 0.500. The Labute approximate surface area is 118 Å². The molecule has 108 valence electrons. The Morgan fingerprint density at radius 2 is 1.75 bits per heavy atom. The van der Waals surface area contributed by atoms with E-state index in [1.165, 1.54) is 0 Å². The zero-order valence-electron chi connectivity index (χ0n) is 12.2. The standard InChI is InChI=1S/C16H19F2NO/c1-10(16(2,3)4)5-15(20)14(9-19)11-6-12(17)8-13(18)7-11/h6-8,10,14H,5H2,1-4H3. The second-order valence-corrected chi connectivity index (χ2v) is 6.20. The summed E-state index contributed by atoms with van der Waals surface area (Å²) in [6, 6.07) is 4.65. The highest BCUT2D eigenvalue weighted by Crippen LogP contribution is 2.31. The fourth-order valence-corrected chi connectivity index (χ4v) is 1.80. The topological polar surface area (TPSA) is 40.9 Å². The number of hydrogen-bond acceptors (Lipinski definition) is 2. The number of nitriles is 1. The molecule has 20 heavy (non-hydrogen) atoms. The Morgan fingerprint density at radius 1 is 1.25 bits per heavy atom. The summed E-state index contributed by atoms with van der Waals surface area (Å²) in [5.74, 6) is -2.91. The third-order valence-corrected chi connectivity index (χ3v) is 3.66. The third-order valence-electron chi connectivity index (χ3n) is 3.66. The predicted octanol–water partition coefficient (Wildman–Crippen LogP) is 4.21. The van der Waals surface area contributed by atoms with Crippen molar-refractivity contribution in [2.24, 2.45) is 11.3 Å². The Bertz CT molecular complexity index is 520. The van der Waals surface area contributed by atoms with Crippen molar-refractivity contribution in [2.75, 3.05) is 0 Å². The fourth-order valence-electron chi connectivity index (χ4n) is 1.80. The first-order chi connectivity index (χ1) is 9.15. The molecule has 2 unspecified atom stereocenters. The van der Waals surface area contributed by atoms with E-state index in [2.05, 4.69) is 0 Å². The van der Waals surface area contributed by atoms with Gasteiger partial charge in [0.1, 0.15) is 17.6 Å². The SMILES string of the molecule is CC(CC(=O)C(C#N)c1cc(F)cc(F)c1)C(C)(C)C. The summed E-state index contributed by atoms with van der Waals surface area (Å²) in [4.78, 5) is 12.2. The van der Waals surface area contributed by atoms with Crippen molar-refractivity contribution in [3.05, 3.63) is 35.4 Å². The summed E-state index contributed by atoms with van der Waals surface area (Å²) in [6.07, 6.45) is 0.208. The number of nitrogens with zero attached hydrogens (tertiary/aromatic N) is 1. The molecule has 0 saturated heterocycles. The molecule has 0 aliphatic rings. The Hall–Kier alpha value is -1.76. The first kappa shape index (κ1) is 16.3. The molecule has 2 nitrogen and oxygen atoms in total. The van der Waals surface area contributed by atoms with E-state index in [1.807, 2.05) is 33.8 Å². The van der Waals surface area contributed by atoms with Gasteiger partial charge < -0.3 is 0 Å². The summed E-state index contributed by atoms with van der Waals surface area (Å²) in [5.41, 5.74) is 0.0131. The number of Topliss-reactive ketones (excluding diaryl/α,β-unsaturated/α-hetero) is 1. The van der Waals surface area contributed by atoms with E-state index in [0.29, 0.717) is 0 Å². The monoisotopic (exact) mass is 279 g/mol. The molecule has 0 N–H and O–H groups in total. The summed E-state index contributed by atoms with van der Waals surface area (Å²) < 4.78 is 26.4. The molecule has 0 aliphatic carbocycles. The maximum atomic E-state index is 13.2. The molecule has 0 spiro atoms. The van der Waals surface area contributed by atoms with Crippen molar-refractivity contribution in [3.63, 3.8) is 0 Å². The van der Waals surface area contributed by atoms with E-state index >= 15 is 0 Å². The van der Waals surface area contributed by atoms with Crippen LogP contribution in [-0.2, 0) is 4.79 Å². The molecule has 4 heteroatoms. The second kappa shape index (κ2) is 6.13. The molecule has 0 bridgehead atoms. The lowest BCUT2D eigenvalue weighted by Gasteiger charge is -2.27. The van der Waals surface area contributed by atoms with Crippen LogP contribution in [0, 0.1) is 34.3 Å². The van der Waals surface area contributed by atoms with Crippen LogP contribution in [0.2, 0.25) is 0 Å². The zero-order valence-corrected chi connectivity index (χ0v) is 12.2. The van der Waals surface area contributed by atoms with E-state index in [1.54, 1.807) is 0 Å². The molecule has 1 aromatic carbocycles. The molecule has 1 aromatic rings. The average molecular weight is 279 g/mol. The molecule has 1 rings (SSSR count). The molecule has 0 heterocycles. The largest absolute Gasteiger partial charge is 0.298 e. The molecule has 0 radical (unpaired) electrons. The number of rotatable bonds is 4. The Balaban J connectivity index is 2.97. The van der Waals surface area contributed by atoms with Crippen molar-refractivity contribution < 1.29 is 13.6 Å². The summed E-state index contributed by atoms with van der Waals surface area (Å²) in [7, 11) is 0. The van der Waals surface area contributed by atoms with Crippen molar-refractivity contribution in [3.8, 4) is 6.07 Å². The van der Waals surface area contributed by atoms with Crippen LogP contribution in [0.15, 0.2) is 18.2 Å². The lowest BCUT2D eigenvalue weighted by Crippen LogP contribution is -2.23. The third kappa shape index (κ3) is 4.12. The van der Waals surface area contributed by atoms with Crippen LogP contribution in [0.25, 0.3) is 0 Å². The summed E-state index contributed by atoms with van der Waals surface area (Å²) in [5, 5.41) is 9.13. The first-order valence-electron chi connectivity index (χ1n) is 6.53. The molecule has 0 aromatic heterocycles. The van der Waals surface area contributed by atoms with Crippen molar-refractivity contribution in [1.29, 1.82) is 5.26 Å². The zero-order chi connectivity index (χ0) is 15.5. The van der Waals surface area contributed by atoms with E-state index in [-0.39, 0.29) is 29.1 Å². The molecular weight excluding hydrogens is 260 g/mol. The van der Waals surface area contributed by atoms with Crippen LogP contribution in [0.4, 0.5) is 8.78 Å². The number of carbonyl (C=O) groups excluding carboxylic acids is 1. The van der Waals surface area contributed by atoms with Crippen LogP contribution >= 0.6 is 0 Å². The highest BCUT2D eigenvalue weighted by molar-refractivity contribution is 5.88. The van der Waals surface area contributed by atoms with Crippen LogP contribution in [0.5, 0.6) is 0 Å². The molecule has 0 fully saturated rings. The van der Waals surface area contributed by atoms with Gasteiger partial charge in [-0.1, -0.05) is 27.7 Å². The number of hydrogen-bond donors (Lipinski definition) is 0. The lowest BCUT2D eigenvalue weighted by atomic mass is 9.77. The van der Waals surface area contributed by atoms with Gasteiger partial charge in [-0.15, -0.1) is 0 Å². The maximum Gasteiger partial charge on any atom is 0.154 e. The van der Waals surface area contributed by atoms with Gasteiger partial charge in [-0.2, -0.15) is 5.26 Å². The van der Waals surface area contributed by atoms with Crippen molar-refractivity contribution in [1.82, 2.24) is 0 Å². The first-order valence-corrected chi connectivity index (χ1v) is 6.53. The molecule has 2 atom stereocenters. The van der Waals surface area contributed by atoms with Gasteiger partial charge in [0.2, 0.25) is 0 Å². The molecular formula is C16H19F2NO. The number of ketones is 1. The van der Waals surface area contributed by atoms with Gasteiger partial charge in [-0.25, -0.2) is 8.78 Å². The highest BCUT2D eigenvalue weighted by Gasteiger charge is 2.28. The molecule has 0 amide bonds. The van der Waals surface area contributed by atoms with Gasteiger partial charge in [0.25, 0.3) is 0 Å². The van der Waals surface area contributed by atoms with Gasteiger partial charge >= 0.3 is 0 Å². The van der Waals surface area contributed by atoms with Crippen LogP contribution in [-0.4, -0.2) is 5.78 Å². The normalized spacial score (nSPS) is 14.4.